The monoisotopic (exact) mass is 312 g/mol. The van der Waals surface area contributed by atoms with Crippen LogP contribution in [0.5, 0.6) is 0 Å². The van der Waals surface area contributed by atoms with E-state index in [0.29, 0.717) is 6.42 Å². The van der Waals surface area contributed by atoms with Gasteiger partial charge in [-0.1, -0.05) is 18.9 Å². The smallest absolute Gasteiger partial charge is 0.224 e. The first-order chi connectivity index (χ1) is 10.4. The zero-order chi connectivity index (χ0) is 16.6. The summed E-state index contributed by atoms with van der Waals surface area (Å²) >= 11 is 0. The van der Waals surface area contributed by atoms with Crippen molar-refractivity contribution in [2.75, 3.05) is 13.2 Å². The Hall–Kier alpha value is -1.40. The van der Waals surface area contributed by atoms with Crippen LogP contribution >= 0.6 is 0 Å². The molecule has 0 spiro atoms. The Morgan fingerprint density at radius 3 is 2.50 bits per heavy atom. The Labute approximate surface area is 132 Å². The summed E-state index contributed by atoms with van der Waals surface area (Å²) in [7, 11) is 0. The molecule has 126 valence electrons. The number of carbonyl (C=O) groups is 2. The molecule has 0 heterocycles. The van der Waals surface area contributed by atoms with E-state index in [1.165, 1.54) is 0 Å². The van der Waals surface area contributed by atoms with Gasteiger partial charge in [0.1, 0.15) is 0 Å². The standard InChI is InChI=1S/C16H28N2O4/c1-3-6-13(15(22)17-10-12(2)20)9-14(21)18-16(11-19)7-4-5-8-16/h3,12-13,19-20H,1,4-11H2,2H3,(H,17,22)(H,18,21)/t12-,13-/m0/s1. The third-order valence-corrected chi connectivity index (χ3v) is 4.09. The first-order valence-electron chi connectivity index (χ1n) is 7.91. The minimum atomic E-state index is -0.627. The molecule has 1 fully saturated rings. The predicted molar refractivity (Wildman–Crippen MR) is 84.0 cm³/mol. The van der Waals surface area contributed by atoms with Crippen LogP contribution in [0.25, 0.3) is 0 Å². The van der Waals surface area contributed by atoms with E-state index in [1.807, 2.05) is 0 Å². The maximum atomic E-state index is 12.2. The summed E-state index contributed by atoms with van der Waals surface area (Å²) in [6.45, 7) is 5.29. The zero-order valence-electron chi connectivity index (χ0n) is 13.3. The van der Waals surface area contributed by atoms with E-state index in [1.54, 1.807) is 13.0 Å². The molecule has 6 nitrogen and oxygen atoms in total. The average molecular weight is 312 g/mol. The lowest BCUT2D eigenvalue weighted by molar-refractivity contribution is -0.131. The van der Waals surface area contributed by atoms with Crippen LogP contribution in [-0.2, 0) is 9.59 Å². The minimum absolute atomic E-state index is 0.0550. The normalized spacial score (nSPS) is 19.2. The lowest BCUT2D eigenvalue weighted by Crippen LogP contribution is -2.50. The second kappa shape index (κ2) is 8.90. The van der Waals surface area contributed by atoms with Gasteiger partial charge in [-0.05, 0) is 26.2 Å². The fourth-order valence-electron chi connectivity index (χ4n) is 2.82. The van der Waals surface area contributed by atoms with Gasteiger partial charge in [0, 0.05) is 13.0 Å². The van der Waals surface area contributed by atoms with Gasteiger partial charge in [-0.3, -0.25) is 9.59 Å². The number of carbonyl (C=O) groups excluding carboxylic acids is 2. The molecule has 0 bridgehead atoms. The van der Waals surface area contributed by atoms with E-state index < -0.39 is 17.6 Å². The number of hydrogen-bond donors (Lipinski definition) is 4. The number of aliphatic hydroxyl groups excluding tert-OH is 2. The molecule has 4 N–H and O–H groups in total. The Morgan fingerprint density at radius 1 is 1.36 bits per heavy atom. The van der Waals surface area contributed by atoms with Crippen LogP contribution in [0.15, 0.2) is 12.7 Å². The van der Waals surface area contributed by atoms with E-state index in [0.717, 1.165) is 25.7 Å². The first kappa shape index (κ1) is 18.6. The highest BCUT2D eigenvalue weighted by molar-refractivity contribution is 5.86. The summed E-state index contributed by atoms with van der Waals surface area (Å²) in [6, 6.07) is 0. The zero-order valence-corrected chi connectivity index (χ0v) is 13.3. The molecule has 0 aliphatic heterocycles. The predicted octanol–water partition coefficient (Wildman–Crippen LogP) is 0.487. The molecule has 2 atom stereocenters. The van der Waals surface area contributed by atoms with Crippen molar-refractivity contribution < 1.29 is 19.8 Å². The number of aliphatic hydroxyl groups is 2. The lowest BCUT2D eigenvalue weighted by atomic mass is 9.95. The topological polar surface area (TPSA) is 98.7 Å². The molecule has 0 saturated heterocycles. The van der Waals surface area contributed by atoms with Gasteiger partial charge < -0.3 is 20.8 Å². The van der Waals surface area contributed by atoms with Gasteiger partial charge in [0.05, 0.1) is 24.2 Å². The third kappa shape index (κ3) is 5.77. The molecule has 0 aromatic heterocycles. The Morgan fingerprint density at radius 2 is 2.00 bits per heavy atom. The summed E-state index contributed by atoms with van der Waals surface area (Å²) in [5.74, 6) is -0.996. The van der Waals surface area contributed by atoms with Crippen molar-refractivity contribution >= 4 is 11.8 Å². The summed E-state index contributed by atoms with van der Waals surface area (Å²) in [6.07, 6.45) is 4.96. The van der Waals surface area contributed by atoms with Crippen molar-refractivity contribution in [3.05, 3.63) is 12.7 Å². The van der Waals surface area contributed by atoms with E-state index in [9.17, 15) is 19.8 Å². The molecular weight excluding hydrogens is 284 g/mol. The number of amides is 2. The Bertz CT molecular complexity index is 390. The van der Waals surface area contributed by atoms with Gasteiger partial charge in [0.2, 0.25) is 11.8 Å². The second-order valence-electron chi connectivity index (χ2n) is 6.21. The van der Waals surface area contributed by atoms with E-state index in [4.69, 9.17) is 0 Å². The fourth-order valence-corrected chi connectivity index (χ4v) is 2.82. The number of nitrogens with one attached hydrogen (secondary N) is 2. The molecule has 1 rings (SSSR count). The molecule has 6 heteroatoms. The van der Waals surface area contributed by atoms with Gasteiger partial charge in [0.15, 0.2) is 0 Å². The van der Waals surface area contributed by atoms with E-state index in [2.05, 4.69) is 17.2 Å². The summed E-state index contributed by atoms with van der Waals surface area (Å²) in [5.41, 5.74) is -0.522. The molecule has 1 aliphatic rings. The van der Waals surface area contributed by atoms with Crippen molar-refractivity contribution in [1.29, 1.82) is 0 Å². The highest BCUT2D eigenvalue weighted by Crippen LogP contribution is 2.29. The molecule has 0 radical (unpaired) electrons. The number of allylic oxidation sites excluding steroid dienone is 1. The largest absolute Gasteiger partial charge is 0.394 e. The summed E-state index contributed by atoms with van der Waals surface area (Å²) in [4.78, 5) is 24.3. The Kier molecular flexibility index (Phi) is 7.55. The quantitative estimate of drug-likeness (QED) is 0.466. The Balaban J connectivity index is 2.55. The molecule has 0 unspecified atom stereocenters. The molecular formula is C16H28N2O4. The first-order valence-corrected chi connectivity index (χ1v) is 7.91. The second-order valence-corrected chi connectivity index (χ2v) is 6.21. The summed E-state index contributed by atoms with van der Waals surface area (Å²) < 4.78 is 0. The van der Waals surface area contributed by atoms with Crippen LogP contribution in [0, 0.1) is 5.92 Å². The highest BCUT2D eigenvalue weighted by atomic mass is 16.3. The van der Waals surface area contributed by atoms with E-state index >= 15 is 0 Å². The fraction of sp³-hybridized carbons (Fsp3) is 0.750. The number of rotatable bonds is 9. The van der Waals surface area contributed by atoms with Crippen molar-refractivity contribution in [3.63, 3.8) is 0 Å². The third-order valence-electron chi connectivity index (χ3n) is 4.09. The van der Waals surface area contributed by atoms with Gasteiger partial charge >= 0.3 is 0 Å². The van der Waals surface area contributed by atoms with Crippen molar-refractivity contribution in [3.8, 4) is 0 Å². The molecule has 22 heavy (non-hydrogen) atoms. The molecule has 0 aromatic carbocycles. The van der Waals surface area contributed by atoms with Crippen LogP contribution in [0.2, 0.25) is 0 Å². The van der Waals surface area contributed by atoms with Crippen LogP contribution in [0.3, 0.4) is 0 Å². The molecule has 1 aliphatic carbocycles. The highest BCUT2D eigenvalue weighted by Gasteiger charge is 2.35. The SMILES string of the molecule is C=CC[C@@H](CC(=O)NC1(CO)CCCC1)C(=O)NC[C@H](C)O. The van der Waals surface area contributed by atoms with Crippen LogP contribution in [-0.4, -0.2) is 46.8 Å². The minimum Gasteiger partial charge on any atom is -0.394 e. The van der Waals surface area contributed by atoms with Crippen LogP contribution in [0.1, 0.15) is 45.4 Å². The van der Waals surface area contributed by atoms with Crippen LogP contribution < -0.4 is 10.6 Å². The van der Waals surface area contributed by atoms with Gasteiger partial charge in [-0.25, -0.2) is 0 Å². The van der Waals surface area contributed by atoms with E-state index in [-0.39, 0.29) is 31.4 Å². The average Bonchev–Trinajstić information content (AvgIpc) is 2.93. The molecule has 1 saturated carbocycles. The summed E-state index contributed by atoms with van der Waals surface area (Å²) in [5, 5.41) is 24.2. The lowest BCUT2D eigenvalue weighted by Gasteiger charge is -2.28. The number of hydrogen-bond acceptors (Lipinski definition) is 4. The van der Waals surface area contributed by atoms with Gasteiger partial charge in [0.25, 0.3) is 0 Å². The van der Waals surface area contributed by atoms with Crippen molar-refractivity contribution in [2.24, 2.45) is 5.92 Å². The molecule has 0 aromatic rings. The van der Waals surface area contributed by atoms with Crippen molar-refractivity contribution in [2.45, 2.75) is 57.1 Å². The molecule has 2 amide bonds. The maximum absolute atomic E-state index is 12.2. The van der Waals surface area contributed by atoms with Gasteiger partial charge in [-0.2, -0.15) is 0 Å². The maximum Gasteiger partial charge on any atom is 0.224 e. The van der Waals surface area contributed by atoms with Crippen LogP contribution in [0.4, 0.5) is 0 Å². The van der Waals surface area contributed by atoms with Gasteiger partial charge in [-0.15, -0.1) is 6.58 Å². The van der Waals surface area contributed by atoms with Crippen molar-refractivity contribution in [1.82, 2.24) is 10.6 Å².